The molecule has 3 rings (SSSR count). The van der Waals surface area contributed by atoms with Crippen molar-refractivity contribution >= 4 is 11.9 Å². The van der Waals surface area contributed by atoms with E-state index in [1.54, 1.807) is 4.90 Å². The van der Waals surface area contributed by atoms with Gasteiger partial charge in [0.25, 0.3) is 0 Å². The first-order valence-corrected chi connectivity index (χ1v) is 7.72. The maximum Gasteiger partial charge on any atom is 0.310 e. The maximum atomic E-state index is 12.6. The highest BCUT2D eigenvalue weighted by Crippen LogP contribution is 2.45. The van der Waals surface area contributed by atoms with Gasteiger partial charge < -0.3 is 19.5 Å². The molecule has 2 atom stereocenters. The number of nitrogens with zero attached hydrogens (tertiary/aromatic N) is 1. The highest BCUT2D eigenvalue weighted by Gasteiger charge is 2.49. The molecule has 6 heteroatoms. The predicted octanol–water partition coefficient (Wildman–Crippen LogP) is 1.04. The molecule has 2 aliphatic heterocycles. The number of morpholine rings is 1. The number of rotatable bonds is 3. The molecule has 3 aliphatic rings. The molecular formula is C15H23NO5. The summed E-state index contributed by atoms with van der Waals surface area (Å²) in [6, 6.07) is 0. The Hall–Kier alpha value is -1.14. The highest BCUT2D eigenvalue weighted by molar-refractivity contribution is 5.85. The standard InChI is InChI=1S/C15H23NO5/c1-11-8-16(9-15(21-11)5-6-20-10-15)12(17)7-14(13(18)19)3-2-4-14/h11H,2-10H2,1H3,(H,18,19). The summed E-state index contributed by atoms with van der Waals surface area (Å²) in [6.45, 7) is 4.19. The molecule has 0 aromatic carbocycles. The number of carboxylic acid groups (broad SMARTS) is 1. The number of carbonyl (C=O) groups excluding carboxylic acids is 1. The molecule has 3 fully saturated rings. The van der Waals surface area contributed by atoms with E-state index >= 15 is 0 Å². The Morgan fingerprint density at radius 3 is 2.62 bits per heavy atom. The fourth-order valence-corrected chi connectivity index (χ4v) is 3.69. The van der Waals surface area contributed by atoms with E-state index < -0.39 is 11.4 Å². The number of carboxylic acids is 1. The van der Waals surface area contributed by atoms with E-state index in [0.29, 0.717) is 39.1 Å². The maximum absolute atomic E-state index is 12.6. The van der Waals surface area contributed by atoms with Gasteiger partial charge >= 0.3 is 5.97 Å². The molecule has 1 aliphatic carbocycles. The molecule has 2 heterocycles. The van der Waals surface area contributed by atoms with Crippen LogP contribution in [0, 0.1) is 5.41 Å². The Balaban J connectivity index is 1.68. The largest absolute Gasteiger partial charge is 0.481 e. The van der Waals surface area contributed by atoms with Crippen LogP contribution in [0.4, 0.5) is 0 Å². The minimum absolute atomic E-state index is 0.0356. The van der Waals surface area contributed by atoms with Crippen molar-refractivity contribution in [2.24, 2.45) is 5.41 Å². The van der Waals surface area contributed by atoms with Gasteiger partial charge in [-0.15, -0.1) is 0 Å². The van der Waals surface area contributed by atoms with Gasteiger partial charge in [0.15, 0.2) is 0 Å². The van der Waals surface area contributed by atoms with Gasteiger partial charge in [0, 0.05) is 26.0 Å². The van der Waals surface area contributed by atoms with Crippen molar-refractivity contribution in [2.45, 2.75) is 50.7 Å². The third-order valence-electron chi connectivity index (χ3n) is 5.08. The van der Waals surface area contributed by atoms with Crippen LogP contribution in [0.2, 0.25) is 0 Å². The predicted molar refractivity (Wildman–Crippen MR) is 73.8 cm³/mol. The number of hydrogen-bond acceptors (Lipinski definition) is 4. The zero-order valence-electron chi connectivity index (χ0n) is 12.5. The normalized spacial score (nSPS) is 34.7. The molecule has 0 aromatic heterocycles. The number of amides is 1. The Bertz CT molecular complexity index is 439. The quantitative estimate of drug-likeness (QED) is 0.842. The van der Waals surface area contributed by atoms with Crippen LogP contribution >= 0.6 is 0 Å². The van der Waals surface area contributed by atoms with Gasteiger partial charge in [-0.05, 0) is 19.8 Å². The molecule has 2 saturated heterocycles. The molecule has 0 radical (unpaired) electrons. The minimum Gasteiger partial charge on any atom is -0.481 e. The topological polar surface area (TPSA) is 76.1 Å². The summed E-state index contributed by atoms with van der Waals surface area (Å²) in [4.78, 5) is 25.8. The number of aliphatic carboxylic acids is 1. The van der Waals surface area contributed by atoms with Gasteiger partial charge in [-0.3, -0.25) is 9.59 Å². The second kappa shape index (κ2) is 5.25. The van der Waals surface area contributed by atoms with Crippen molar-refractivity contribution in [3.05, 3.63) is 0 Å². The van der Waals surface area contributed by atoms with Gasteiger partial charge in [-0.1, -0.05) is 6.42 Å². The highest BCUT2D eigenvalue weighted by atomic mass is 16.6. The lowest BCUT2D eigenvalue weighted by atomic mass is 9.66. The molecule has 1 amide bonds. The molecule has 1 N–H and O–H groups in total. The summed E-state index contributed by atoms with van der Waals surface area (Å²) in [7, 11) is 0. The fraction of sp³-hybridized carbons (Fsp3) is 0.867. The molecule has 1 saturated carbocycles. The van der Waals surface area contributed by atoms with Gasteiger partial charge in [0.2, 0.25) is 5.91 Å². The third kappa shape index (κ3) is 2.66. The van der Waals surface area contributed by atoms with Crippen molar-refractivity contribution in [2.75, 3.05) is 26.3 Å². The molecule has 0 bridgehead atoms. The van der Waals surface area contributed by atoms with Crippen LogP contribution in [0.15, 0.2) is 0 Å². The first-order valence-electron chi connectivity index (χ1n) is 7.72. The Morgan fingerprint density at radius 2 is 2.10 bits per heavy atom. The first kappa shape index (κ1) is 14.8. The summed E-state index contributed by atoms with van der Waals surface area (Å²) in [5, 5.41) is 9.37. The summed E-state index contributed by atoms with van der Waals surface area (Å²) in [5.41, 5.74) is -1.21. The third-order valence-corrected chi connectivity index (χ3v) is 5.08. The molecule has 2 unspecified atom stereocenters. The summed E-state index contributed by atoms with van der Waals surface area (Å²) < 4.78 is 11.4. The zero-order chi connectivity index (χ0) is 15.1. The van der Waals surface area contributed by atoms with Crippen LogP contribution in [-0.4, -0.2) is 59.9 Å². The monoisotopic (exact) mass is 297 g/mol. The van der Waals surface area contributed by atoms with Crippen LogP contribution < -0.4 is 0 Å². The van der Waals surface area contributed by atoms with Crippen molar-refractivity contribution in [3.63, 3.8) is 0 Å². The van der Waals surface area contributed by atoms with E-state index in [4.69, 9.17) is 9.47 Å². The van der Waals surface area contributed by atoms with Crippen molar-refractivity contribution in [1.82, 2.24) is 4.90 Å². The molecule has 118 valence electrons. The number of hydrogen-bond donors (Lipinski definition) is 1. The van der Waals surface area contributed by atoms with Crippen LogP contribution in [-0.2, 0) is 19.1 Å². The second-order valence-electron chi connectivity index (χ2n) is 6.80. The number of carbonyl (C=O) groups is 2. The summed E-state index contributed by atoms with van der Waals surface area (Å²) in [6.07, 6.45) is 3.00. The van der Waals surface area contributed by atoms with Gasteiger partial charge in [-0.25, -0.2) is 0 Å². The lowest BCUT2D eigenvalue weighted by molar-refractivity contribution is -0.173. The SMILES string of the molecule is CC1CN(C(=O)CC2(C(=O)O)CCC2)CC2(CCOC2)O1. The number of ether oxygens (including phenoxy) is 2. The van der Waals surface area contributed by atoms with Crippen LogP contribution in [0.25, 0.3) is 0 Å². The van der Waals surface area contributed by atoms with E-state index in [2.05, 4.69) is 0 Å². The van der Waals surface area contributed by atoms with Crippen LogP contribution in [0.1, 0.15) is 39.0 Å². The Labute approximate surface area is 124 Å². The van der Waals surface area contributed by atoms with Crippen LogP contribution in [0.5, 0.6) is 0 Å². The average molecular weight is 297 g/mol. The van der Waals surface area contributed by atoms with Gasteiger partial charge in [0.05, 0.1) is 24.7 Å². The smallest absolute Gasteiger partial charge is 0.310 e. The first-order chi connectivity index (χ1) is 9.95. The fourth-order valence-electron chi connectivity index (χ4n) is 3.69. The Kier molecular flexibility index (Phi) is 3.69. The van der Waals surface area contributed by atoms with E-state index in [1.807, 2.05) is 6.92 Å². The molecule has 21 heavy (non-hydrogen) atoms. The van der Waals surface area contributed by atoms with Crippen molar-refractivity contribution < 1.29 is 24.2 Å². The van der Waals surface area contributed by atoms with Gasteiger partial charge in [-0.2, -0.15) is 0 Å². The summed E-state index contributed by atoms with van der Waals surface area (Å²) in [5.74, 6) is -0.888. The van der Waals surface area contributed by atoms with Gasteiger partial charge in [0.1, 0.15) is 5.60 Å². The van der Waals surface area contributed by atoms with E-state index in [9.17, 15) is 14.7 Å². The van der Waals surface area contributed by atoms with E-state index in [-0.39, 0.29) is 24.0 Å². The summed E-state index contributed by atoms with van der Waals surface area (Å²) >= 11 is 0. The zero-order valence-corrected chi connectivity index (χ0v) is 12.5. The lowest BCUT2D eigenvalue weighted by Gasteiger charge is -2.45. The van der Waals surface area contributed by atoms with E-state index in [0.717, 1.165) is 12.8 Å². The van der Waals surface area contributed by atoms with Crippen molar-refractivity contribution in [1.29, 1.82) is 0 Å². The lowest BCUT2D eigenvalue weighted by Crippen LogP contribution is -2.58. The van der Waals surface area contributed by atoms with Crippen molar-refractivity contribution in [3.8, 4) is 0 Å². The van der Waals surface area contributed by atoms with E-state index in [1.165, 1.54) is 0 Å². The second-order valence-corrected chi connectivity index (χ2v) is 6.80. The molecular weight excluding hydrogens is 274 g/mol. The molecule has 1 spiro atoms. The molecule has 0 aromatic rings. The minimum atomic E-state index is -0.831. The van der Waals surface area contributed by atoms with Crippen LogP contribution in [0.3, 0.4) is 0 Å². The Morgan fingerprint density at radius 1 is 1.33 bits per heavy atom. The average Bonchev–Trinajstić information content (AvgIpc) is 2.79. The molecule has 6 nitrogen and oxygen atoms in total.